The smallest absolute Gasteiger partial charge is 0.276 e. The van der Waals surface area contributed by atoms with Gasteiger partial charge in [0, 0.05) is 13.6 Å². The SMILES string of the molecule is CCN1C(=O)C(=Cc2cc(OC)c(OC)c(OC)c2)N(C)C1=S. The average molecular weight is 336 g/mol. The third-order valence-corrected chi connectivity index (χ3v) is 4.14. The molecule has 0 radical (unpaired) electrons. The van der Waals surface area contributed by atoms with Gasteiger partial charge in [-0.2, -0.15) is 0 Å². The van der Waals surface area contributed by atoms with E-state index in [9.17, 15) is 4.79 Å². The van der Waals surface area contributed by atoms with Crippen LogP contribution >= 0.6 is 12.2 Å². The van der Waals surface area contributed by atoms with E-state index in [1.165, 1.54) is 0 Å². The summed E-state index contributed by atoms with van der Waals surface area (Å²) >= 11 is 5.29. The predicted molar refractivity (Wildman–Crippen MR) is 91.8 cm³/mol. The van der Waals surface area contributed by atoms with Crippen LogP contribution in [0.1, 0.15) is 12.5 Å². The minimum absolute atomic E-state index is 0.117. The zero-order valence-electron chi connectivity index (χ0n) is 13.9. The number of carbonyl (C=O) groups excluding carboxylic acids is 1. The first kappa shape index (κ1) is 17.1. The van der Waals surface area contributed by atoms with Gasteiger partial charge in [0.05, 0.1) is 21.3 Å². The second kappa shape index (κ2) is 6.87. The van der Waals surface area contributed by atoms with Crippen molar-refractivity contribution in [2.24, 2.45) is 0 Å². The van der Waals surface area contributed by atoms with Crippen LogP contribution < -0.4 is 14.2 Å². The van der Waals surface area contributed by atoms with E-state index in [0.717, 1.165) is 5.56 Å². The lowest BCUT2D eigenvalue weighted by atomic mass is 10.1. The number of benzene rings is 1. The third-order valence-electron chi connectivity index (χ3n) is 3.65. The van der Waals surface area contributed by atoms with E-state index in [0.29, 0.717) is 34.6 Å². The molecule has 1 fully saturated rings. The summed E-state index contributed by atoms with van der Waals surface area (Å²) in [6.07, 6.45) is 1.76. The Morgan fingerprint density at radius 2 is 1.70 bits per heavy atom. The second-order valence-corrected chi connectivity index (χ2v) is 5.24. The van der Waals surface area contributed by atoms with Crippen LogP contribution in [0, 0.1) is 0 Å². The molecule has 1 aromatic rings. The summed E-state index contributed by atoms with van der Waals surface area (Å²) in [6, 6.07) is 3.57. The van der Waals surface area contributed by atoms with Crippen molar-refractivity contribution in [2.45, 2.75) is 6.92 Å². The highest BCUT2D eigenvalue weighted by Gasteiger charge is 2.34. The van der Waals surface area contributed by atoms with Crippen LogP contribution in [0.3, 0.4) is 0 Å². The van der Waals surface area contributed by atoms with Crippen molar-refractivity contribution in [3.8, 4) is 17.2 Å². The van der Waals surface area contributed by atoms with Gasteiger partial charge in [-0.3, -0.25) is 9.69 Å². The van der Waals surface area contributed by atoms with Crippen LogP contribution in [-0.2, 0) is 4.79 Å². The van der Waals surface area contributed by atoms with E-state index in [1.54, 1.807) is 56.4 Å². The number of methoxy groups -OCH3 is 3. The number of likely N-dealkylation sites (N-methyl/N-ethyl adjacent to an activating group) is 2. The molecule has 1 aliphatic heterocycles. The number of carbonyl (C=O) groups is 1. The number of amides is 1. The first-order chi connectivity index (χ1) is 11.0. The Morgan fingerprint density at radius 1 is 1.13 bits per heavy atom. The Morgan fingerprint density at radius 3 is 2.09 bits per heavy atom. The highest BCUT2D eigenvalue weighted by atomic mass is 32.1. The number of rotatable bonds is 5. The van der Waals surface area contributed by atoms with Gasteiger partial charge >= 0.3 is 0 Å². The maximum atomic E-state index is 12.4. The molecule has 23 heavy (non-hydrogen) atoms. The van der Waals surface area contributed by atoms with Crippen LogP contribution in [-0.4, -0.2) is 55.7 Å². The molecular weight excluding hydrogens is 316 g/mol. The van der Waals surface area contributed by atoms with Gasteiger partial charge in [0.2, 0.25) is 5.75 Å². The lowest BCUT2D eigenvalue weighted by Crippen LogP contribution is -2.30. The van der Waals surface area contributed by atoms with Gasteiger partial charge < -0.3 is 19.1 Å². The maximum Gasteiger partial charge on any atom is 0.276 e. The Kier molecular flexibility index (Phi) is 5.10. The lowest BCUT2D eigenvalue weighted by molar-refractivity contribution is -0.122. The molecule has 124 valence electrons. The number of hydrogen-bond acceptors (Lipinski definition) is 5. The summed E-state index contributed by atoms with van der Waals surface area (Å²) in [5, 5.41) is 0.496. The first-order valence-corrected chi connectivity index (χ1v) is 7.50. The van der Waals surface area contributed by atoms with E-state index < -0.39 is 0 Å². The van der Waals surface area contributed by atoms with E-state index in [-0.39, 0.29) is 5.91 Å². The van der Waals surface area contributed by atoms with Crippen molar-refractivity contribution in [3.63, 3.8) is 0 Å². The number of nitrogens with zero attached hydrogens (tertiary/aromatic N) is 2. The van der Waals surface area contributed by atoms with Gasteiger partial charge in [0.1, 0.15) is 5.70 Å². The van der Waals surface area contributed by atoms with Gasteiger partial charge in [0.15, 0.2) is 16.6 Å². The highest BCUT2D eigenvalue weighted by Crippen LogP contribution is 2.39. The van der Waals surface area contributed by atoms with Crippen molar-refractivity contribution in [1.29, 1.82) is 0 Å². The van der Waals surface area contributed by atoms with Crippen LogP contribution in [0.25, 0.3) is 6.08 Å². The maximum absolute atomic E-state index is 12.4. The summed E-state index contributed by atoms with van der Waals surface area (Å²) in [5.41, 5.74) is 1.27. The van der Waals surface area contributed by atoms with Crippen LogP contribution in [0.2, 0.25) is 0 Å². The molecule has 1 aromatic carbocycles. The Hall–Kier alpha value is -2.28. The minimum atomic E-state index is -0.117. The zero-order valence-corrected chi connectivity index (χ0v) is 14.7. The Balaban J connectivity index is 2.51. The van der Waals surface area contributed by atoms with Crippen molar-refractivity contribution in [2.75, 3.05) is 34.9 Å². The molecular formula is C16H20N2O4S. The molecule has 0 N–H and O–H groups in total. The largest absolute Gasteiger partial charge is 0.493 e. The molecule has 1 aliphatic rings. The molecule has 7 heteroatoms. The molecule has 2 rings (SSSR count). The monoisotopic (exact) mass is 336 g/mol. The zero-order chi connectivity index (χ0) is 17.1. The minimum Gasteiger partial charge on any atom is -0.493 e. The summed E-state index contributed by atoms with van der Waals surface area (Å²) in [4.78, 5) is 15.7. The molecule has 0 atom stereocenters. The van der Waals surface area contributed by atoms with Crippen LogP contribution in [0.15, 0.2) is 17.8 Å². The van der Waals surface area contributed by atoms with Gasteiger partial charge in [0.25, 0.3) is 5.91 Å². The molecule has 0 bridgehead atoms. The molecule has 0 aliphatic carbocycles. The molecule has 1 saturated heterocycles. The highest BCUT2D eigenvalue weighted by molar-refractivity contribution is 7.80. The molecule has 0 saturated carbocycles. The van der Waals surface area contributed by atoms with Crippen LogP contribution in [0.4, 0.5) is 0 Å². The number of hydrogen-bond donors (Lipinski definition) is 0. The summed E-state index contributed by atoms with van der Waals surface area (Å²) in [6.45, 7) is 2.43. The average Bonchev–Trinajstić information content (AvgIpc) is 2.76. The first-order valence-electron chi connectivity index (χ1n) is 7.09. The number of thiocarbonyl (C=S) groups is 1. The van der Waals surface area contributed by atoms with Gasteiger partial charge in [-0.1, -0.05) is 0 Å². The van der Waals surface area contributed by atoms with Crippen molar-refractivity contribution in [1.82, 2.24) is 9.80 Å². The van der Waals surface area contributed by atoms with E-state index >= 15 is 0 Å². The van der Waals surface area contributed by atoms with Crippen molar-refractivity contribution >= 4 is 29.3 Å². The number of ether oxygens (including phenoxy) is 3. The molecule has 1 amide bonds. The fraction of sp³-hybridized carbons (Fsp3) is 0.375. The quantitative estimate of drug-likeness (QED) is 0.606. The fourth-order valence-electron chi connectivity index (χ4n) is 2.43. The van der Waals surface area contributed by atoms with E-state index in [1.807, 2.05) is 6.92 Å². The van der Waals surface area contributed by atoms with Crippen molar-refractivity contribution < 1.29 is 19.0 Å². The normalized spacial score (nSPS) is 16.3. The summed E-state index contributed by atoms with van der Waals surface area (Å²) < 4.78 is 16.0. The van der Waals surface area contributed by atoms with Crippen molar-refractivity contribution in [3.05, 3.63) is 23.4 Å². The lowest BCUT2D eigenvalue weighted by Gasteiger charge is -2.14. The third kappa shape index (κ3) is 2.96. The summed E-state index contributed by atoms with van der Waals surface area (Å²) in [7, 11) is 6.42. The molecule has 0 aromatic heterocycles. The topological polar surface area (TPSA) is 51.2 Å². The second-order valence-electron chi connectivity index (χ2n) is 4.88. The van der Waals surface area contributed by atoms with Gasteiger partial charge in [-0.25, -0.2) is 0 Å². The van der Waals surface area contributed by atoms with Gasteiger partial charge in [-0.05, 0) is 42.9 Å². The molecule has 0 unspecified atom stereocenters. The van der Waals surface area contributed by atoms with Gasteiger partial charge in [-0.15, -0.1) is 0 Å². The van der Waals surface area contributed by atoms with Crippen LogP contribution in [0.5, 0.6) is 17.2 Å². The Bertz CT molecular complexity index is 647. The summed E-state index contributed by atoms with van der Waals surface area (Å²) in [5.74, 6) is 1.45. The fourth-order valence-corrected chi connectivity index (χ4v) is 2.74. The van der Waals surface area contributed by atoms with E-state index in [4.69, 9.17) is 26.4 Å². The molecule has 1 heterocycles. The standard InChI is InChI=1S/C16H20N2O4S/c1-6-18-15(19)11(17(2)16(18)23)7-10-8-12(20-3)14(22-5)13(9-10)21-4/h7-9H,6H2,1-5H3. The molecule has 0 spiro atoms. The molecule has 6 nitrogen and oxygen atoms in total. The predicted octanol–water partition coefficient (Wildman–Crippen LogP) is 2.13. The Labute approximate surface area is 141 Å². The van der Waals surface area contributed by atoms with E-state index in [2.05, 4.69) is 0 Å².